The number of aryl methyl sites for hydroxylation is 2. The molecule has 1 saturated heterocycles. The monoisotopic (exact) mass is 374 g/mol. The van der Waals surface area contributed by atoms with Gasteiger partial charge in [-0.25, -0.2) is 4.52 Å². The molecule has 1 aliphatic heterocycles. The molecule has 5 rings (SSSR count). The van der Waals surface area contributed by atoms with Crippen molar-refractivity contribution in [1.29, 1.82) is 0 Å². The second-order valence-electron chi connectivity index (χ2n) is 7.51. The summed E-state index contributed by atoms with van der Waals surface area (Å²) in [6, 6.07) is 12.0. The Hall–Kier alpha value is -2.99. The highest BCUT2D eigenvalue weighted by Gasteiger charge is 2.21. The zero-order chi connectivity index (χ0) is 19.3. The van der Waals surface area contributed by atoms with E-state index in [1.54, 1.807) is 4.57 Å². The Morgan fingerprint density at radius 3 is 2.61 bits per heavy atom. The van der Waals surface area contributed by atoms with Gasteiger partial charge in [0, 0.05) is 49.7 Å². The van der Waals surface area contributed by atoms with Crippen molar-refractivity contribution in [3.8, 4) is 11.1 Å². The summed E-state index contributed by atoms with van der Waals surface area (Å²) in [5.74, 6) is 0.378. The van der Waals surface area contributed by atoms with Crippen LogP contribution < -0.4 is 5.56 Å². The highest BCUT2D eigenvalue weighted by Crippen LogP contribution is 2.28. The van der Waals surface area contributed by atoms with Gasteiger partial charge >= 0.3 is 0 Å². The summed E-state index contributed by atoms with van der Waals surface area (Å²) in [7, 11) is 1.81. The lowest BCUT2D eigenvalue weighted by Crippen LogP contribution is -2.19. The number of pyridine rings is 1. The molecule has 0 N–H and O–H groups in total. The minimum atomic E-state index is -0.00508. The summed E-state index contributed by atoms with van der Waals surface area (Å²) in [6.07, 6.45) is 3.80. The summed E-state index contributed by atoms with van der Waals surface area (Å²) in [5.41, 5.74) is 5.71. The highest BCUT2D eigenvalue weighted by atomic mass is 16.5. The zero-order valence-corrected chi connectivity index (χ0v) is 16.1. The predicted molar refractivity (Wildman–Crippen MR) is 109 cm³/mol. The van der Waals surface area contributed by atoms with Crippen molar-refractivity contribution < 1.29 is 4.74 Å². The van der Waals surface area contributed by atoms with Gasteiger partial charge in [-0.2, -0.15) is 5.10 Å². The van der Waals surface area contributed by atoms with Gasteiger partial charge in [0.25, 0.3) is 5.56 Å². The van der Waals surface area contributed by atoms with Gasteiger partial charge in [0.05, 0.1) is 16.6 Å². The van der Waals surface area contributed by atoms with E-state index in [-0.39, 0.29) is 5.56 Å². The quantitative estimate of drug-likeness (QED) is 0.539. The van der Waals surface area contributed by atoms with Crippen LogP contribution in [-0.4, -0.2) is 32.4 Å². The van der Waals surface area contributed by atoms with E-state index in [0.717, 1.165) is 59.7 Å². The van der Waals surface area contributed by atoms with Crippen LogP contribution in [0.4, 0.5) is 0 Å². The summed E-state index contributed by atoms with van der Waals surface area (Å²) in [4.78, 5) is 17.3. The van der Waals surface area contributed by atoms with Crippen molar-refractivity contribution in [1.82, 2.24) is 19.2 Å². The number of aromatic nitrogens is 4. The molecule has 0 amide bonds. The number of hydrogen-bond acceptors (Lipinski definition) is 4. The van der Waals surface area contributed by atoms with Gasteiger partial charge in [-0.15, -0.1) is 0 Å². The van der Waals surface area contributed by atoms with E-state index >= 15 is 0 Å². The van der Waals surface area contributed by atoms with Crippen molar-refractivity contribution in [3.63, 3.8) is 0 Å². The van der Waals surface area contributed by atoms with Gasteiger partial charge in [-0.1, -0.05) is 12.1 Å². The lowest BCUT2D eigenvalue weighted by molar-refractivity contribution is 0.0844. The molecule has 0 saturated carbocycles. The largest absolute Gasteiger partial charge is 0.381 e. The van der Waals surface area contributed by atoms with Crippen LogP contribution in [0.5, 0.6) is 0 Å². The number of hydrogen-bond donors (Lipinski definition) is 0. The van der Waals surface area contributed by atoms with Crippen LogP contribution in [0.25, 0.3) is 27.7 Å². The van der Waals surface area contributed by atoms with Crippen LogP contribution >= 0.6 is 0 Å². The number of benzene rings is 1. The average Bonchev–Trinajstić information content (AvgIpc) is 3.19. The number of nitrogens with zero attached hydrogens (tertiary/aromatic N) is 4. The van der Waals surface area contributed by atoms with Gasteiger partial charge in [-0.05, 0) is 43.5 Å². The number of fused-ring (bicyclic) bond motifs is 3. The molecule has 4 heterocycles. The molecule has 1 aromatic carbocycles. The standard InChI is InChI=1S/C22H22N4O2/c1-14-3-4-17(13-23-14)16-5-6-18-20(11-16)26-21(25(2)22(18)27)12-19(24-26)15-7-9-28-10-8-15/h3-6,11-13,15H,7-10H2,1-2H3. The molecule has 28 heavy (non-hydrogen) atoms. The van der Waals surface area contributed by atoms with E-state index in [0.29, 0.717) is 11.3 Å². The fourth-order valence-electron chi connectivity index (χ4n) is 3.99. The fourth-order valence-corrected chi connectivity index (χ4v) is 3.99. The van der Waals surface area contributed by atoms with Crippen molar-refractivity contribution in [2.45, 2.75) is 25.7 Å². The summed E-state index contributed by atoms with van der Waals surface area (Å²) >= 11 is 0. The molecule has 0 unspecified atom stereocenters. The molecular weight excluding hydrogens is 352 g/mol. The molecular formula is C22H22N4O2. The lowest BCUT2D eigenvalue weighted by atomic mass is 9.97. The SMILES string of the molecule is Cc1ccc(-c2ccc3c(=O)n(C)c4cc(C5CCOCC5)nn4c3c2)cn1. The Balaban J connectivity index is 1.73. The highest BCUT2D eigenvalue weighted by molar-refractivity contribution is 5.85. The van der Waals surface area contributed by atoms with Crippen LogP contribution in [0.3, 0.4) is 0 Å². The molecule has 6 heteroatoms. The third-order valence-corrected chi connectivity index (χ3v) is 5.70. The Morgan fingerprint density at radius 2 is 1.86 bits per heavy atom. The van der Waals surface area contributed by atoms with Crippen molar-refractivity contribution in [2.75, 3.05) is 13.2 Å². The van der Waals surface area contributed by atoms with Crippen LogP contribution in [0, 0.1) is 6.92 Å². The van der Waals surface area contributed by atoms with E-state index < -0.39 is 0 Å². The van der Waals surface area contributed by atoms with Crippen molar-refractivity contribution >= 4 is 16.6 Å². The minimum absolute atomic E-state index is 0.00508. The molecule has 4 aromatic rings. The first-order valence-electron chi connectivity index (χ1n) is 9.65. The second kappa shape index (κ2) is 6.56. The maximum absolute atomic E-state index is 12.9. The van der Waals surface area contributed by atoms with Crippen LogP contribution in [0.15, 0.2) is 47.4 Å². The van der Waals surface area contributed by atoms with E-state index in [4.69, 9.17) is 9.84 Å². The Morgan fingerprint density at radius 1 is 1.07 bits per heavy atom. The third kappa shape index (κ3) is 2.72. The van der Waals surface area contributed by atoms with Crippen LogP contribution in [0.1, 0.15) is 30.1 Å². The molecule has 142 valence electrons. The second-order valence-corrected chi connectivity index (χ2v) is 7.51. The molecule has 0 atom stereocenters. The van der Waals surface area contributed by atoms with Crippen molar-refractivity contribution in [3.05, 3.63) is 64.3 Å². The Bertz CT molecular complexity index is 1230. The van der Waals surface area contributed by atoms with Gasteiger partial charge < -0.3 is 4.74 Å². The molecule has 0 radical (unpaired) electrons. The normalized spacial score (nSPS) is 15.5. The van der Waals surface area contributed by atoms with Gasteiger partial charge in [-0.3, -0.25) is 14.3 Å². The Kier molecular flexibility index (Phi) is 4.02. The summed E-state index contributed by atoms with van der Waals surface area (Å²) < 4.78 is 9.08. The molecule has 3 aromatic heterocycles. The van der Waals surface area contributed by atoms with E-state index in [2.05, 4.69) is 17.1 Å². The smallest absolute Gasteiger partial charge is 0.261 e. The first kappa shape index (κ1) is 17.1. The predicted octanol–water partition coefficient (Wildman–Crippen LogP) is 3.45. The molecule has 6 nitrogen and oxygen atoms in total. The van der Waals surface area contributed by atoms with E-state index in [1.165, 1.54) is 0 Å². The summed E-state index contributed by atoms with van der Waals surface area (Å²) in [5, 5.41) is 5.57. The van der Waals surface area contributed by atoms with Crippen molar-refractivity contribution in [2.24, 2.45) is 7.05 Å². The van der Waals surface area contributed by atoms with Crippen LogP contribution in [0.2, 0.25) is 0 Å². The lowest BCUT2D eigenvalue weighted by Gasteiger charge is -2.19. The molecule has 0 bridgehead atoms. The number of rotatable bonds is 2. The molecule has 1 fully saturated rings. The molecule has 1 aliphatic rings. The van der Waals surface area contributed by atoms with Gasteiger partial charge in [0.15, 0.2) is 0 Å². The molecule has 0 spiro atoms. The summed E-state index contributed by atoms with van der Waals surface area (Å²) in [6.45, 7) is 3.50. The van der Waals surface area contributed by atoms with E-state index in [9.17, 15) is 4.79 Å². The fraction of sp³-hybridized carbons (Fsp3) is 0.318. The minimum Gasteiger partial charge on any atom is -0.381 e. The van der Waals surface area contributed by atoms with E-state index in [1.807, 2.05) is 48.9 Å². The maximum atomic E-state index is 12.9. The maximum Gasteiger partial charge on any atom is 0.261 e. The van der Waals surface area contributed by atoms with Gasteiger partial charge in [0.1, 0.15) is 5.65 Å². The topological polar surface area (TPSA) is 61.4 Å². The first-order valence-corrected chi connectivity index (χ1v) is 9.65. The number of ether oxygens (including phenoxy) is 1. The molecule has 0 aliphatic carbocycles. The Labute approximate surface area is 162 Å². The average molecular weight is 374 g/mol. The van der Waals surface area contributed by atoms with Crippen LogP contribution in [-0.2, 0) is 11.8 Å². The zero-order valence-electron chi connectivity index (χ0n) is 16.1. The first-order chi connectivity index (χ1) is 13.6. The van der Waals surface area contributed by atoms with Gasteiger partial charge in [0.2, 0.25) is 0 Å². The third-order valence-electron chi connectivity index (χ3n) is 5.70.